The maximum atomic E-state index is 13.4. The van der Waals surface area contributed by atoms with Gasteiger partial charge in [-0.15, -0.1) is 0 Å². The molecule has 4 heteroatoms. The number of likely N-dealkylation sites (N-methyl/N-ethyl adjacent to an activating group) is 1. The fourth-order valence-corrected chi connectivity index (χ4v) is 2.63. The van der Waals surface area contributed by atoms with E-state index in [4.69, 9.17) is 0 Å². The van der Waals surface area contributed by atoms with Crippen molar-refractivity contribution >= 4 is 15.9 Å². The molecule has 0 saturated carbocycles. The van der Waals surface area contributed by atoms with Crippen molar-refractivity contribution in [3.8, 4) is 0 Å². The standard InChI is InChI=1S/C16H16BrF2N/c1-2-20-16(9-11-4-3-5-13(17)8-11)12-6-7-14(18)15(19)10-12/h3-8,10,16,20H,2,9H2,1H3. The van der Waals surface area contributed by atoms with Gasteiger partial charge in [0.1, 0.15) is 0 Å². The van der Waals surface area contributed by atoms with Crippen LogP contribution in [0.25, 0.3) is 0 Å². The average Bonchev–Trinajstić information content (AvgIpc) is 2.41. The summed E-state index contributed by atoms with van der Waals surface area (Å²) in [5, 5.41) is 3.31. The van der Waals surface area contributed by atoms with E-state index >= 15 is 0 Å². The van der Waals surface area contributed by atoms with E-state index in [2.05, 4.69) is 21.2 Å². The Morgan fingerprint density at radius 3 is 2.55 bits per heavy atom. The Balaban J connectivity index is 2.24. The van der Waals surface area contributed by atoms with Gasteiger partial charge in [0.2, 0.25) is 0 Å². The van der Waals surface area contributed by atoms with Crippen molar-refractivity contribution in [2.45, 2.75) is 19.4 Å². The van der Waals surface area contributed by atoms with Crippen LogP contribution in [0.3, 0.4) is 0 Å². The van der Waals surface area contributed by atoms with E-state index in [0.717, 1.165) is 28.6 Å². The lowest BCUT2D eigenvalue weighted by Crippen LogP contribution is -2.23. The smallest absolute Gasteiger partial charge is 0.159 e. The summed E-state index contributed by atoms with van der Waals surface area (Å²) >= 11 is 3.44. The average molecular weight is 340 g/mol. The fraction of sp³-hybridized carbons (Fsp3) is 0.250. The van der Waals surface area contributed by atoms with Gasteiger partial charge in [0.15, 0.2) is 11.6 Å². The lowest BCUT2D eigenvalue weighted by atomic mass is 9.98. The predicted molar refractivity (Wildman–Crippen MR) is 80.6 cm³/mol. The monoisotopic (exact) mass is 339 g/mol. The molecule has 0 heterocycles. The largest absolute Gasteiger partial charge is 0.310 e. The first-order valence-electron chi connectivity index (χ1n) is 6.53. The van der Waals surface area contributed by atoms with E-state index in [1.54, 1.807) is 6.07 Å². The molecular formula is C16H16BrF2N. The Labute approximate surface area is 126 Å². The lowest BCUT2D eigenvalue weighted by molar-refractivity contribution is 0.497. The number of benzene rings is 2. The molecule has 0 amide bonds. The van der Waals surface area contributed by atoms with Crippen molar-refractivity contribution in [2.24, 2.45) is 0 Å². The molecule has 106 valence electrons. The van der Waals surface area contributed by atoms with Crippen LogP contribution in [-0.4, -0.2) is 6.54 Å². The highest BCUT2D eigenvalue weighted by Gasteiger charge is 2.13. The van der Waals surface area contributed by atoms with Gasteiger partial charge in [0, 0.05) is 10.5 Å². The lowest BCUT2D eigenvalue weighted by Gasteiger charge is -2.19. The van der Waals surface area contributed by atoms with Crippen LogP contribution >= 0.6 is 15.9 Å². The molecule has 0 aromatic heterocycles. The Bertz CT molecular complexity index is 586. The molecule has 2 aromatic rings. The molecule has 2 aromatic carbocycles. The summed E-state index contributed by atoms with van der Waals surface area (Å²) in [6, 6.07) is 12.0. The minimum atomic E-state index is -0.813. The maximum Gasteiger partial charge on any atom is 0.159 e. The molecule has 20 heavy (non-hydrogen) atoms. The molecule has 1 N–H and O–H groups in total. The zero-order valence-electron chi connectivity index (χ0n) is 11.2. The van der Waals surface area contributed by atoms with Crippen LogP contribution in [0, 0.1) is 11.6 Å². The van der Waals surface area contributed by atoms with Crippen molar-refractivity contribution in [1.82, 2.24) is 5.32 Å². The third-order valence-corrected chi connectivity index (χ3v) is 3.62. The summed E-state index contributed by atoms with van der Waals surface area (Å²) in [6.07, 6.45) is 0.721. The van der Waals surface area contributed by atoms with Crippen LogP contribution in [0.4, 0.5) is 8.78 Å². The van der Waals surface area contributed by atoms with Gasteiger partial charge in [-0.25, -0.2) is 8.78 Å². The zero-order chi connectivity index (χ0) is 14.5. The zero-order valence-corrected chi connectivity index (χ0v) is 12.8. The second-order valence-electron chi connectivity index (χ2n) is 4.62. The van der Waals surface area contributed by atoms with Crippen LogP contribution < -0.4 is 5.32 Å². The number of rotatable bonds is 5. The van der Waals surface area contributed by atoms with Crippen LogP contribution in [-0.2, 0) is 6.42 Å². The molecule has 0 bridgehead atoms. The van der Waals surface area contributed by atoms with Gasteiger partial charge in [0.05, 0.1) is 0 Å². The highest BCUT2D eigenvalue weighted by molar-refractivity contribution is 9.10. The SMILES string of the molecule is CCNC(Cc1cccc(Br)c1)c1ccc(F)c(F)c1. The summed E-state index contributed by atoms with van der Waals surface area (Å²) in [5.74, 6) is -1.62. The second kappa shape index (κ2) is 6.95. The van der Waals surface area contributed by atoms with Crippen LogP contribution in [0.5, 0.6) is 0 Å². The predicted octanol–water partition coefficient (Wildman–Crippen LogP) is 4.62. The van der Waals surface area contributed by atoms with Crippen LogP contribution in [0.15, 0.2) is 46.9 Å². The number of nitrogens with one attached hydrogen (secondary N) is 1. The van der Waals surface area contributed by atoms with E-state index in [1.165, 1.54) is 12.1 Å². The van der Waals surface area contributed by atoms with Gasteiger partial charge in [-0.1, -0.05) is 41.1 Å². The quantitative estimate of drug-likeness (QED) is 0.837. The van der Waals surface area contributed by atoms with Crippen molar-refractivity contribution in [3.05, 3.63) is 69.7 Å². The molecule has 0 aliphatic heterocycles. The van der Waals surface area contributed by atoms with Gasteiger partial charge >= 0.3 is 0 Å². The van der Waals surface area contributed by atoms with Crippen molar-refractivity contribution < 1.29 is 8.78 Å². The minimum Gasteiger partial charge on any atom is -0.310 e. The molecule has 0 fully saturated rings. The first-order valence-corrected chi connectivity index (χ1v) is 7.32. The minimum absolute atomic E-state index is 0.0376. The number of halogens is 3. The fourth-order valence-electron chi connectivity index (χ4n) is 2.18. The third-order valence-electron chi connectivity index (χ3n) is 3.13. The van der Waals surface area contributed by atoms with Crippen LogP contribution in [0.1, 0.15) is 24.1 Å². The molecule has 0 saturated heterocycles. The van der Waals surface area contributed by atoms with Gasteiger partial charge in [-0.3, -0.25) is 0 Å². The topological polar surface area (TPSA) is 12.0 Å². The van der Waals surface area contributed by atoms with E-state index in [9.17, 15) is 8.78 Å². The van der Waals surface area contributed by atoms with E-state index in [0.29, 0.717) is 0 Å². The van der Waals surface area contributed by atoms with Crippen LogP contribution in [0.2, 0.25) is 0 Å². The molecule has 0 radical (unpaired) electrons. The first kappa shape index (κ1) is 15.1. The number of hydrogen-bond donors (Lipinski definition) is 1. The van der Waals surface area contributed by atoms with Crippen molar-refractivity contribution in [2.75, 3.05) is 6.54 Å². The van der Waals surface area contributed by atoms with Crippen molar-refractivity contribution in [3.63, 3.8) is 0 Å². The van der Waals surface area contributed by atoms with E-state index < -0.39 is 11.6 Å². The Hall–Kier alpha value is -1.26. The van der Waals surface area contributed by atoms with Crippen molar-refractivity contribution in [1.29, 1.82) is 0 Å². The molecule has 2 rings (SSSR count). The normalized spacial score (nSPS) is 12.4. The van der Waals surface area contributed by atoms with E-state index in [-0.39, 0.29) is 6.04 Å². The second-order valence-corrected chi connectivity index (χ2v) is 5.53. The maximum absolute atomic E-state index is 13.4. The molecule has 0 aliphatic rings. The summed E-state index contributed by atoms with van der Waals surface area (Å²) in [6.45, 7) is 2.76. The summed E-state index contributed by atoms with van der Waals surface area (Å²) in [7, 11) is 0. The molecule has 0 aliphatic carbocycles. The molecule has 1 atom stereocenters. The van der Waals surface area contributed by atoms with Gasteiger partial charge in [-0.05, 0) is 48.4 Å². The van der Waals surface area contributed by atoms with Gasteiger partial charge < -0.3 is 5.32 Å². The first-order chi connectivity index (χ1) is 9.60. The molecule has 1 nitrogen and oxygen atoms in total. The summed E-state index contributed by atoms with van der Waals surface area (Å²) < 4.78 is 27.4. The highest BCUT2D eigenvalue weighted by Crippen LogP contribution is 2.22. The highest BCUT2D eigenvalue weighted by atomic mass is 79.9. The molecular weight excluding hydrogens is 324 g/mol. The number of hydrogen-bond acceptors (Lipinski definition) is 1. The molecule has 1 unspecified atom stereocenters. The Morgan fingerprint density at radius 2 is 1.90 bits per heavy atom. The van der Waals surface area contributed by atoms with Gasteiger partial charge in [-0.2, -0.15) is 0 Å². The Kier molecular flexibility index (Phi) is 5.26. The summed E-state index contributed by atoms with van der Waals surface area (Å²) in [4.78, 5) is 0. The Morgan fingerprint density at radius 1 is 1.10 bits per heavy atom. The summed E-state index contributed by atoms with van der Waals surface area (Å²) in [5.41, 5.74) is 1.89. The van der Waals surface area contributed by atoms with E-state index in [1.807, 2.05) is 31.2 Å². The van der Waals surface area contributed by atoms with Gasteiger partial charge in [0.25, 0.3) is 0 Å². The third kappa shape index (κ3) is 3.87. The molecule has 0 spiro atoms.